The molecule has 0 saturated heterocycles. The molecule has 1 unspecified atom stereocenters. The third-order valence-electron chi connectivity index (χ3n) is 3.10. The van der Waals surface area contributed by atoms with Gasteiger partial charge in [0, 0.05) is 6.42 Å². The van der Waals surface area contributed by atoms with Gasteiger partial charge in [-0.1, -0.05) is 56.0 Å². The molecule has 0 aromatic heterocycles. The van der Waals surface area contributed by atoms with Gasteiger partial charge in [-0.15, -0.1) is 0 Å². The molecule has 0 radical (unpaired) electrons. The summed E-state index contributed by atoms with van der Waals surface area (Å²) < 4.78 is 0. The van der Waals surface area contributed by atoms with Crippen LogP contribution in [-0.2, 0) is 4.79 Å². The summed E-state index contributed by atoms with van der Waals surface area (Å²) in [7, 11) is 0. The predicted molar refractivity (Wildman–Crippen MR) is 73.3 cm³/mol. The summed E-state index contributed by atoms with van der Waals surface area (Å²) in [5, 5.41) is 9.17. The second-order valence-corrected chi connectivity index (χ2v) is 4.75. The SMILES string of the molecule is CCCCCCC(=O)C(C#N)c1cccc(C)c1. The molecule has 0 saturated carbocycles. The number of hydrogen-bond donors (Lipinski definition) is 0. The zero-order valence-electron chi connectivity index (χ0n) is 11.3. The second kappa shape index (κ2) is 7.66. The van der Waals surface area contributed by atoms with E-state index in [1.807, 2.05) is 31.2 Å². The monoisotopic (exact) mass is 243 g/mol. The van der Waals surface area contributed by atoms with E-state index in [9.17, 15) is 10.1 Å². The number of aryl methyl sites for hydroxylation is 1. The van der Waals surface area contributed by atoms with Gasteiger partial charge in [0.1, 0.15) is 5.92 Å². The van der Waals surface area contributed by atoms with Crippen LogP contribution in [0.3, 0.4) is 0 Å². The van der Waals surface area contributed by atoms with E-state index in [0.29, 0.717) is 6.42 Å². The number of Topliss-reactive ketones (excluding diaryl/α,β-unsaturated/α-hetero) is 1. The van der Waals surface area contributed by atoms with Crippen molar-refractivity contribution in [2.75, 3.05) is 0 Å². The van der Waals surface area contributed by atoms with Crippen molar-refractivity contribution in [3.63, 3.8) is 0 Å². The highest BCUT2D eigenvalue weighted by molar-refractivity contribution is 5.88. The number of hydrogen-bond acceptors (Lipinski definition) is 2. The van der Waals surface area contributed by atoms with Gasteiger partial charge < -0.3 is 0 Å². The Kier molecular flexibility index (Phi) is 6.14. The Morgan fingerprint density at radius 1 is 1.33 bits per heavy atom. The second-order valence-electron chi connectivity index (χ2n) is 4.75. The van der Waals surface area contributed by atoms with Crippen LogP contribution in [0.25, 0.3) is 0 Å². The molecule has 1 aromatic rings. The highest BCUT2D eigenvalue weighted by Gasteiger charge is 2.19. The zero-order chi connectivity index (χ0) is 13.4. The molecular formula is C16H21NO. The molecule has 0 N–H and O–H groups in total. The van der Waals surface area contributed by atoms with Gasteiger partial charge in [0.15, 0.2) is 5.78 Å². The fraction of sp³-hybridized carbons (Fsp3) is 0.500. The van der Waals surface area contributed by atoms with Gasteiger partial charge in [0.2, 0.25) is 0 Å². The normalized spacial score (nSPS) is 11.8. The van der Waals surface area contributed by atoms with Crippen molar-refractivity contribution in [1.82, 2.24) is 0 Å². The fourth-order valence-corrected chi connectivity index (χ4v) is 2.05. The summed E-state index contributed by atoms with van der Waals surface area (Å²) in [4.78, 5) is 12.0. The molecule has 0 aliphatic rings. The highest BCUT2D eigenvalue weighted by Crippen LogP contribution is 2.20. The van der Waals surface area contributed by atoms with Crippen LogP contribution in [-0.4, -0.2) is 5.78 Å². The van der Waals surface area contributed by atoms with Crippen molar-refractivity contribution < 1.29 is 4.79 Å². The number of carbonyl (C=O) groups is 1. The van der Waals surface area contributed by atoms with Crippen LogP contribution < -0.4 is 0 Å². The summed E-state index contributed by atoms with van der Waals surface area (Å²) in [6, 6.07) is 9.81. The van der Waals surface area contributed by atoms with E-state index in [-0.39, 0.29) is 5.78 Å². The van der Waals surface area contributed by atoms with E-state index < -0.39 is 5.92 Å². The standard InChI is InChI=1S/C16H21NO/c1-3-4-5-6-10-16(18)15(12-17)14-9-7-8-13(2)11-14/h7-9,11,15H,3-6,10H2,1-2H3. The minimum absolute atomic E-state index is 0.0548. The van der Waals surface area contributed by atoms with E-state index in [1.54, 1.807) is 0 Å². The van der Waals surface area contributed by atoms with Gasteiger partial charge in [0.25, 0.3) is 0 Å². The lowest BCUT2D eigenvalue weighted by Gasteiger charge is -2.09. The molecule has 0 fully saturated rings. The van der Waals surface area contributed by atoms with E-state index >= 15 is 0 Å². The van der Waals surface area contributed by atoms with Crippen molar-refractivity contribution in [2.24, 2.45) is 0 Å². The van der Waals surface area contributed by atoms with E-state index in [1.165, 1.54) is 0 Å². The van der Waals surface area contributed by atoms with Crippen molar-refractivity contribution >= 4 is 5.78 Å². The minimum Gasteiger partial charge on any atom is -0.298 e. The number of nitrogens with zero attached hydrogens (tertiary/aromatic N) is 1. The molecule has 2 heteroatoms. The first kappa shape index (κ1) is 14.4. The number of unbranched alkanes of at least 4 members (excludes halogenated alkanes) is 3. The third-order valence-corrected chi connectivity index (χ3v) is 3.10. The maximum atomic E-state index is 12.0. The molecule has 0 aliphatic carbocycles. The Morgan fingerprint density at radius 2 is 2.11 bits per heavy atom. The van der Waals surface area contributed by atoms with Crippen LogP contribution >= 0.6 is 0 Å². The van der Waals surface area contributed by atoms with Crippen molar-refractivity contribution in [3.05, 3.63) is 35.4 Å². The number of rotatable bonds is 7. The topological polar surface area (TPSA) is 40.9 Å². The molecule has 0 amide bonds. The van der Waals surface area contributed by atoms with Crippen LogP contribution in [0, 0.1) is 18.3 Å². The van der Waals surface area contributed by atoms with Crippen LogP contribution in [0.2, 0.25) is 0 Å². The summed E-state index contributed by atoms with van der Waals surface area (Å²) in [5.74, 6) is -0.536. The maximum absolute atomic E-state index is 12.0. The lowest BCUT2D eigenvalue weighted by Crippen LogP contribution is -2.10. The van der Waals surface area contributed by atoms with E-state index in [0.717, 1.165) is 36.8 Å². The van der Waals surface area contributed by atoms with Crippen LogP contribution in [0.4, 0.5) is 0 Å². The van der Waals surface area contributed by atoms with Gasteiger partial charge in [-0.3, -0.25) is 4.79 Å². The van der Waals surface area contributed by atoms with Crippen molar-refractivity contribution in [1.29, 1.82) is 5.26 Å². The quantitative estimate of drug-likeness (QED) is 0.675. The van der Waals surface area contributed by atoms with E-state index in [2.05, 4.69) is 13.0 Å². The van der Waals surface area contributed by atoms with Crippen molar-refractivity contribution in [2.45, 2.75) is 51.9 Å². The Morgan fingerprint density at radius 3 is 2.72 bits per heavy atom. The number of ketones is 1. The summed E-state index contributed by atoms with van der Waals surface area (Å²) >= 11 is 0. The first-order chi connectivity index (χ1) is 8.69. The highest BCUT2D eigenvalue weighted by atomic mass is 16.1. The van der Waals surface area contributed by atoms with Gasteiger partial charge in [-0.25, -0.2) is 0 Å². The van der Waals surface area contributed by atoms with Crippen molar-refractivity contribution in [3.8, 4) is 6.07 Å². The molecule has 96 valence electrons. The van der Waals surface area contributed by atoms with Gasteiger partial charge in [-0.2, -0.15) is 5.26 Å². The molecule has 0 heterocycles. The Labute approximate surface area is 110 Å². The number of benzene rings is 1. The molecule has 0 aliphatic heterocycles. The Bertz CT molecular complexity index is 431. The van der Waals surface area contributed by atoms with Gasteiger partial charge in [-0.05, 0) is 18.9 Å². The van der Waals surface area contributed by atoms with Crippen LogP contribution in [0.5, 0.6) is 0 Å². The average molecular weight is 243 g/mol. The molecule has 18 heavy (non-hydrogen) atoms. The Balaban J connectivity index is 2.61. The zero-order valence-corrected chi connectivity index (χ0v) is 11.3. The summed E-state index contributed by atoms with van der Waals surface area (Å²) in [5.41, 5.74) is 1.92. The smallest absolute Gasteiger partial charge is 0.154 e. The third kappa shape index (κ3) is 4.33. The lowest BCUT2D eigenvalue weighted by molar-refractivity contribution is -0.119. The number of carbonyl (C=O) groups excluding carboxylic acids is 1. The summed E-state index contributed by atoms with van der Waals surface area (Å²) in [6.45, 7) is 4.12. The first-order valence-electron chi connectivity index (χ1n) is 6.68. The molecule has 1 atom stereocenters. The largest absolute Gasteiger partial charge is 0.298 e. The number of nitriles is 1. The molecule has 2 nitrogen and oxygen atoms in total. The molecule has 0 bridgehead atoms. The average Bonchev–Trinajstić information content (AvgIpc) is 2.36. The first-order valence-corrected chi connectivity index (χ1v) is 6.68. The van der Waals surface area contributed by atoms with E-state index in [4.69, 9.17) is 0 Å². The predicted octanol–water partition coefficient (Wildman–Crippen LogP) is 4.14. The molecule has 1 rings (SSSR count). The van der Waals surface area contributed by atoms with Crippen LogP contribution in [0.1, 0.15) is 56.1 Å². The molecular weight excluding hydrogens is 222 g/mol. The lowest BCUT2D eigenvalue weighted by atomic mass is 9.92. The maximum Gasteiger partial charge on any atom is 0.154 e. The molecule has 1 aromatic carbocycles. The van der Waals surface area contributed by atoms with Crippen LogP contribution in [0.15, 0.2) is 24.3 Å². The fourth-order valence-electron chi connectivity index (χ4n) is 2.05. The minimum atomic E-state index is -0.591. The van der Waals surface area contributed by atoms with Gasteiger partial charge >= 0.3 is 0 Å². The Hall–Kier alpha value is -1.62. The van der Waals surface area contributed by atoms with Gasteiger partial charge in [0.05, 0.1) is 6.07 Å². The molecule has 0 spiro atoms. The summed E-state index contributed by atoms with van der Waals surface area (Å²) in [6.07, 6.45) is 4.82.